The molecule has 2 heteroatoms. The number of rotatable bonds is 4. The number of nitrogens with one attached hydrogen (secondary N) is 1. The zero-order valence-electron chi connectivity index (χ0n) is 6.52. The van der Waals surface area contributed by atoms with Crippen molar-refractivity contribution in [2.45, 2.75) is 26.4 Å². The average Bonchev–Trinajstić information content (AvgIpc) is 1.63. The van der Waals surface area contributed by atoms with Crippen molar-refractivity contribution < 1.29 is 5.11 Å². The first-order valence-electron chi connectivity index (χ1n) is 3.49. The lowest BCUT2D eigenvalue weighted by molar-refractivity contribution is 0.149. The number of aliphatic hydroxyl groups excluding tert-OH is 1. The third-order valence-corrected chi connectivity index (χ3v) is 1.18. The SMILES string of the molecule is CNCC(O)CC(C)C. The van der Waals surface area contributed by atoms with Crippen molar-refractivity contribution in [3.05, 3.63) is 0 Å². The van der Waals surface area contributed by atoms with Gasteiger partial charge in [0, 0.05) is 6.54 Å². The summed E-state index contributed by atoms with van der Waals surface area (Å²) < 4.78 is 0. The summed E-state index contributed by atoms with van der Waals surface area (Å²) in [5.74, 6) is 0.591. The molecule has 1 unspecified atom stereocenters. The summed E-state index contributed by atoms with van der Waals surface area (Å²) in [7, 11) is 1.85. The van der Waals surface area contributed by atoms with Crippen LogP contribution in [0, 0.1) is 5.92 Å². The fourth-order valence-corrected chi connectivity index (χ4v) is 0.863. The van der Waals surface area contributed by atoms with Crippen LogP contribution in [0.25, 0.3) is 0 Å². The van der Waals surface area contributed by atoms with Gasteiger partial charge in [0.25, 0.3) is 0 Å². The highest BCUT2D eigenvalue weighted by molar-refractivity contribution is 4.59. The van der Waals surface area contributed by atoms with Crippen molar-refractivity contribution in [3.63, 3.8) is 0 Å². The molecule has 0 aliphatic heterocycles. The molecule has 0 saturated carbocycles. The molecule has 0 amide bonds. The molecule has 0 aliphatic carbocycles. The van der Waals surface area contributed by atoms with E-state index in [2.05, 4.69) is 19.2 Å². The second-order valence-electron chi connectivity index (χ2n) is 2.84. The van der Waals surface area contributed by atoms with E-state index in [1.165, 1.54) is 0 Å². The molecule has 0 aromatic heterocycles. The van der Waals surface area contributed by atoms with Gasteiger partial charge in [0.1, 0.15) is 0 Å². The van der Waals surface area contributed by atoms with Gasteiger partial charge in [-0.25, -0.2) is 0 Å². The summed E-state index contributed by atoms with van der Waals surface area (Å²) in [6.45, 7) is 4.93. The second-order valence-corrected chi connectivity index (χ2v) is 2.84. The van der Waals surface area contributed by atoms with Crippen LogP contribution in [0.2, 0.25) is 0 Å². The van der Waals surface area contributed by atoms with Gasteiger partial charge in [-0.05, 0) is 19.4 Å². The highest BCUT2D eigenvalue weighted by Gasteiger charge is 2.03. The third-order valence-electron chi connectivity index (χ3n) is 1.18. The molecule has 0 radical (unpaired) electrons. The van der Waals surface area contributed by atoms with E-state index in [0.29, 0.717) is 12.5 Å². The molecule has 2 nitrogen and oxygen atoms in total. The minimum Gasteiger partial charge on any atom is -0.392 e. The van der Waals surface area contributed by atoms with Gasteiger partial charge in [-0.3, -0.25) is 0 Å². The van der Waals surface area contributed by atoms with E-state index in [0.717, 1.165) is 6.42 Å². The zero-order valence-corrected chi connectivity index (χ0v) is 6.52. The second kappa shape index (κ2) is 4.77. The summed E-state index contributed by atoms with van der Waals surface area (Å²) in [6, 6.07) is 0. The minimum atomic E-state index is -0.171. The van der Waals surface area contributed by atoms with Gasteiger partial charge in [0.2, 0.25) is 0 Å². The van der Waals surface area contributed by atoms with Crippen molar-refractivity contribution in [1.29, 1.82) is 0 Å². The number of aliphatic hydroxyl groups is 1. The Balaban J connectivity index is 3.15. The number of hydrogen-bond acceptors (Lipinski definition) is 2. The van der Waals surface area contributed by atoms with Crippen LogP contribution in [0.5, 0.6) is 0 Å². The molecule has 0 aliphatic rings. The standard InChI is InChI=1S/C7H17NO/c1-6(2)4-7(9)5-8-3/h6-9H,4-5H2,1-3H3. The molecule has 0 aromatic rings. The van der Waals surface area contributed by atoms with Crippen molar-refractivity contribution in [1.82, 2.24) is 5.32 Å². The lowest BCUT2D eigenvalue weighted by atomic mass is 10.1. The molecule has 56 valence electrons. The smallest absolute Gasteiger partial charge is 0.0666 e. The van der Waals surface area contributed by atoms with Crippen LogP contribution in [-0.2, 0) is 0 Å². The van der Waals surface area contributed by atoms with Crippen LogP contribution in [0.4, 0.5) is 0 Å². The lowest BCUT2D eigenvalue weighted by Gasteiger charge is -2.11. The van der Waals surface area contributed by atoms with E-state index < -0.39 is 0 Å². The first kappa shape index (κ1) is 8.92. The van der Waals surface area contributed by atoms with Crippen molar-refractivity contribution in [2.24, 2.45) is 5.92 Å². The van der Waals surface area contributed by atoms with E-state index in [1.807, 2.05) is 7.05 Å². The minimum absolute atomic E-state index is 0.171. The molecule has 0 fully saturated rings. The molecule has 0 spiro atoms. The maximum atomic E-state index is 9.16. The molecule has 0 bridgehead atoms. The van der Waals surface area contributed by atoms with E-state index in [9.17, 15) is 0 Å². The maximum absolute atomic E-state index is 9.16. The Morgan fingerprint density at radius 1 is 1.44 bits per heavy atom. The molecular weight excluding hydrogens is 114 g/mol. The Morgan fingerprint density at radius 3 is 2.33 bits per heavy atom. The largest absolute Gasteiger partial charge is 0.392 e. The lowest BCUT2D eigenvalue weighted by Crippen LogP contribution is -2.24. The van der Waals surface area contributed by atoms with Crippen molar-refractivity contribution in [3.8, 4) is 0 Å². The quantitative estimate of drug-likeness (QED) is 0.586. The molecular formula is C7H17NO. The summed E-state index contributed by atoms with van der Waals surface area (Å²) in [5.41, 5.74) is 0. The monoisotopic (exact) mass is 131 g/mol. The van der Waals surface area contributed by atoms with E-state index >= 15 is 0 Å². The molecule has 2 N–H and O–H groups in total. The Bertz CT molecular complexity index is 63.9. The van der Waals surface area contributed by atoms with Gasteiger partial charge < -0.3 is 10.4 Å². The van der Waals surface area contributed by atoms with Gasteiger partial charge in [0.15, 0.2) is 0 Å². The molecule has 0 rings (SSSR count). The highest BCUT2D eigenvalue weighted by Crippen LogP contribution is 2.02. The molecule has 1 atom stereocenters. The Kier molecular flexibility index (Phi) is 4.72. The number of likely N-dealkylation sites (N-methyl/N-ethyl adjacent to an activating group) is 1. The van der Waals surface area contributed by atoms with E-state index in [-0.39, 0.29) is 6.10 Å². The topological polar surface area (TPSA) is 32.3 Å². The summed E-state index contributed by atoms with van der Waals surface area (Å²) in [6.07, 6.45) is 0.718. The van der Waals surface area contributed by atoms with Crippen LogP contribution in [0.3, 0.4) is 0 Å². The maximum Gasteiger partial charge on any atom is 0.0666 e. The van der Waals surface area contributed by atoms with Crippen LogP contribution in [-0.4, -0.2) is 24.8 Å². The molecule has 0 heterocycles. The fourth-order valence-electron chi connectivity index (χ4n) is 0.863. The zero-order chi connectivity index (χ0) is 7.28. The van der Waals surface area contributed by atoms with Gasteiger partial charge in [-0.1, -0.05) is 13.8 Å². The predicted octanol–water partition coefficient (Wildman–Crippen LogP) is 0.613. The highest BCUT2D eigenvalue weighted by atomic mass is 16.3. The fraction of sp³-hybridized carbons (Fsp3) is 1.00. The normalized spacial score (nSPS) is 14.3. The summed E-state index contributed by atoms with van der Waals surface area (Å²) >= 11 is 0. The van der Waals surface area contributed by atoms with Gasteiger partial charge in [-0.15, -0.1) is 0 Å². The van der Waals surface area contributed by atoms with Crippen LogP contribution in [0.15, 0.2) is 0 Å². The van der Waals surface area contributed by atoms with Gasteiger partial charge in [-0.2, -0.15) is 0 Å². The molecule has 0 saturated heterocycles. The molecule has 9 heavy (non-hydrogen) atoms. The van der Waals surface area contributed by atoms with Crippen molar-refractivity contribution >= 4 is 0 Å². The van der Waals surface area contributed by atoms with Crippen LogP contribution in [0.1, 0.15) is 20.3 Å². The van der Waals surface area contributed by atoms with Crippen molar-refractivity contribution in [2.75, 3.05) is 13.6 Å². The third kappa shape index (κ3) is 5.80. The first-order chi connectivity index (χ1) is 4.16. The summed E-state index contributed by atoms with van der Waals surface area (Å²) in [4.78, 5) is 0. The van der Waals surface area contributed by atoms with E-state index in [1.54, 1.807) is 0 Å². The summed E-state index contributed by atoms with van der Waals surface area (Å²) in [5, 5.41) is 12.1. The Labute approximate surface area is 57.3 Å². The van der Waals surface area contributed by atoms with Crippen LogP contribution >= 0.6 is 0 Å². The number of hydrogen-bond donors (Lipinski definition) is 2. The van der Waals surface area contributed by atoms with Crippen LogP contribution < -0.4 is 5.32 Å². The predicted molar refractivity (Wildman–Crippen MR) is 39.4 cm³/mol. The average molecular weight is 131 g/mol. The Hall–Kier alpha value is -0.0800. The molecule has 0 aromatic carbocycles. The Morgan fingerprint density at radius 2 is 2.00 bits per heavy atom. The van der Waals surface area contributed by atoms with Gasteiger partial charge >= 0.3 is 0 Å². The first-order valence-corrected chi connectivity index (χ1v) is 3.49. The van der Waals surface area contributed by atoms with E-state index in [4.69, 9.17) is 5.11 Å². The van der Waals surface area contributed by atoms with Gasteiger partial charge in [0.05, 0.1) is 6.10 Å².